The summed E-state index contributed by atoms with van der Waals surface area (Å²) < 4.78 is 32.8. The predicted octanol–water partition coefficient (Wildman–Crippen LogP) is 4.15. The molecule has 0 bridgehead atoms. The lowest BCUT2D eigenvalue weighted by Gasteiger charge is -2.09. The van der Waals surface area contributed by atoms with E-state index in [4.69, 9.17) is 16.3 Å². The maximum Gasteiger partial charge on any atom is 0.219 e. The SMILES string of the molecule is O=S(=O)(Cc1cccc(Cl)c1)NCc1cccc(Oc2ccccn2)c1. The minimum Gasteiger partial charge on any atom is -0.439 e. The van der Waals surface area contributed by atoms with E-state index in [1.54, 1.807) is 60.8 Å². The zero-order valence-electron chi connectivity index (χ0n) is 13.8. The number of aromatic nitrogens is 1. The van der Waals surface area contributed by atoms with Crippen molar-refractivity contribution in [1.29, 1.82) is 0 Å². The third-order valence-electron chi connectivity index (χ3n) is 3.50. The van der Waals surface area contributed by atoms with Crippen LogP contribution in [0.2, 0.25) is 5.02 Å². The van der Waals surface area contributed by atoms with Gasteiger partial charge in [-0.3, -0.25) is 0 Å². The van der Waals surface area contributed by atoms with Gasteiger partial charge in [-0.05, 0) is 41.5 Å². The molecule has 0 spiro atoms. The average Bonchev–Trinajstić information content (AvgIpc) is 2.61. The fourth-order valence-corrected chi connectivity index (χ4v) is 3.66. The summed E-state index contributed by atoms with van der Waals surface area (Å²) in [6, 6.07) is 19.4. The highest BCUT2D eigenvalue weighted by Crippen LogP contribution is 2.20. The Hall–Kier alpha value is -2.41. The number of nitrogens with one attached hydrogen (secondary N) is 1. The van der Waals surface area contributed by atoms with E-state index in [1.807, 2.05) is 12.1 Å². The molecule has 3 aromatic rings. The summed E-state index contributed by atoms with van der Waals surface area (Å²) in [4.78, 5) is 4.10. The number of hydrogen-bond acceptors (Lipinski definition) is 4. The lowest BCUT2D eigenvalue weighted by atomic mass is 10.2. The van der Waals surface area contributed by atoms with Gasteiger partial charge >= 0.3 is 0 Å². The Bertz CT molecular complexity index is 979. The lowest BCUT2D eigenvalue weighted by molar-refractivity contribution is 0.462. The normalized spacial score (nSPS) is 11.3. The molecular formula is C19H17ClN2O3S. The second-order valence-electron chi connectivity index (χ2n) is 5.63. The first kappa shape index (κ1) is 18.4. The van der Waals surface area contributed by atoms with Crippen molar-refractivity contribution in [3.8, 4) is 11.6 Å². The fraction of sp³-hybridized carbons (Fsp3) is 0.105. The van der Waals surface area contributed by atoms with E-state index in [-0.39, 0.29) is 12.3 Å². The van der Waals surface area contributed by atoms with Crippen LogP contribution in [0.15, 0.2) is 72.9 Å². The second-order valence-corrected chi connectivity index (χ2v) is 7.87. The summed E-state index contributed by atoms with van der Waals surface area (Å²) in [7, 11) is -3.48. The van der Waals surface area contributed by atoms with Crippen LogP contribution in [0.25, 0.3) is 0 Å². The molecule has 2 aromatic carbocycles. The molecule has 5 nitrogen and oxygen atoms in total. The molecule has 0 atom stereocenters. The van der Waals surface area contributed by atoms with Crippen LogP contribution >= 0.6 is 11.6 Å². The van der Waals surface area contributed by atoms with Gasteiger partial charge in [0.1, 0.15) is 5.75 Å². The lowest BCUT2D eigenvalue weighted by Crippen LogP contribution is -2.24. The second kappa shape index (κ2) is 8.31. The maximum absolute atomic E-state index is 12.3. The molecule has 0 aliphatic heterocycles. The molecule has 0 aliphatic rings. The van der Waals surface area contributed by atoms with Crippen molar-refractivity contribution in [2.75, 3.05) is 0 Å². The Morgan fingerprint density at radius 2 is 1.77 bits per heavy atom. The molecule has 1 heterocycles. The van der Waals surface area contributed by atoms with Crippen LogP contribution in [-0.2, 0) is 22.3 Å². The van der Waals surface area contributed by atoms with Gasteiger partial charge in [0.05, 0.1) is 5.75 Å². The third-order valence-corrected chi connectivity index (χ3v) is 5.03. The van der Waals surface area contributed by atoms with E-state index in [2.05, 4.69) is 9.71 Å². The van der Waals surface area contributed by atoms with Crippen LogP contribution in [0, 0.1) is 0 Å². The van der Waals surface area contributed by atoms with Crippen molar-refractivity contribution in [1.82, 2.24) is 9.71 Å². The third kappa shape index (κ3) is 5.56. The first-order valence-corrected chi connectivity index (χ1v) is 9.93. The van der Waals surface area contributed by atoms with Crippen molar-refractivity contribution in [3.05, 3.63) is 89.1 Å². The smallest absolute Gasteiger partial charge is 0.219 e. The molecule has 0 unspecified atom stereocenters. The molecule has 0 amide bonds. The molecule has 7 heteroatoms. The zero-order chi connectivity index (χ0) is 18.4. The fourth-order valence-electron chi connectivity index (χ4n) is 2.34. The van der Waals surface area contributed by atoms with Crippen molar-refractivity contribution < 1.29 is 13.2 Å². The summed E-state index contributed by atoms with van der Waals surface area (Å²) in [5.41, 5.74) is 1.42. The Balaban J connectivity index is 1.63. The number of nitrogens with zero attached hydrogens (tertiary/aromatic N) is 1. The number of hydrogen-bond donors (Lipinski definition) is 1. The Kier molecular flexibility index (Phi) is 5.88. The predicted molar refractivity (Wildman–Crippen MR) is 102 cm³/mol. The average molecular weight is 389 g/mol. The molecule has 1 N–H and O–H groups in total. The van der Waals surface area contributed by atoms with E-state index < -0.39 is 10.0 Å². The van der Waals surface area contributed by atoms with Crippen LogP contribution < -0.4 is 9.46 Å². The minimum absolute atomic E-state index is 0.127. The molecule has 0 saturated carbocycles. The highest BCUT2D eigenvalue weighted by atomic mass is 35.5. The number of pyridine rings is 1. The topological polar surface area (TPSA) is 68.3 Å². The quantitative estimate of drug-likeness (QED) is 0.660. The van der Waals surface area contributed by atoms with E-state index in [0.29, 0.717) is 22.2 Å². The van der Waals surface area contributed by atoms with Gasteiger partial charge in [-0.25, -0.2) is 18.1 Å². The number of benzene rings is 2. The van der Waals surface area contributed by atoms with Crippen LogP contribution in [0.1, 0.15) is 11.1 Å². The summed E-state index contributed by atoms with van der Waals surface area (Å²) in [6.07, 6.45) is 1.64. The van der Waals surface area contributed by atoms with Crippen molar-refractivity contribution >= 4 is 21.6 Å². The van der Waals surface area contributed by atoms with Gasteiger partial charge in [-0.2, -0.15) is 0 Å². The molecule has 0 fully saturated rings. The molecular weight excluding hydrogens is 372 g/mol. The largest absolute Gasteiger partial charge is 0.439 e. The first-order chi connectivity index (χ1) is 12.5. The van der Waals surface area contributed by atoms with E-state index >= 15 is 0 Å². The number of rotatable bonds is 7. The Morgan fingerprint density at radius 1 is 0.962 bits per heavy atom. The summed E-state index contributed by atoms with van der Waals surface area (Å²) in [5, 5.41) is 0.511. The zero-order valence-corrected chi connectivity index (χ0v) is 15.4. The molecule has 26 heavy (non-hydrogen) atoms. The van der Waals surface area contributed by atoms with Crippen LogP contribution in [0.4, 0.5) is 0 Å². The standard InChI is InChI=1S/C19H17ClN2O3S/c20-17-7-3-6-16(11-17)14-26(23,24)22-13-15-5-4-8-18(12-15)25-19-9-1-2-10-21-19/h1-12,22H,13-14H2. The van der Waals surface area contributed by atoms with E-state index in [1.165, 1.54) is 0 Å². The summed E-state index contributed by atoms with van der Waals surface area (Å²) in [5.74, 6) is 0.943. The molecule has 0 radical (unpaired) electrons. The van der Waals surface area contributed by atoms with Crippen LogP contribution in [-0.4, -0.2) is 13.4 Å². The van der Waals surface area contributed by atoms with Gasteiger partial charge < -0.3 is 4.74 Å². The highest BCUT2D eigenvalue weighted by Gasteiger charge is 2.12. The maximum atomic E-state index is 12.3. The van der Waals surface area contributed by atoms with Crippen LogP contribution in [0.5, 0.6) is 11.6 Å². The molecule has 3 rings (SSSR count). The number of sulfonamides is 1. The summed E-state index contributed by atoms with van der Waals surface area (Å²) >= 11 is 5.90. The summed E-state index contributed by atoms with van der Waals surface area (Å²) in [6.45, 7) is 0.169. The van der Waals surface area contributed by atoms with Gasteiger partial charge in [0.2, 0.25) is 15.9 Å². The highest BCUT2D eigenvalue weighted by molar-refractivity contribution is 7.88. The van der Waals surface area contributed by atoms with E-state index in [9.17, 15) is 8.42 Å². The molecule has 0 saturated heterocycles. The molecule has 0 aliphatic carbocycles. The number of halogens is 1. The number of ether oxygens (including phenoxy) is 1. The van der Waals surface area contributed by atoms with Crippen molar-refractivity contribution in [2.45, 2.75) is 12.3 Å². The monoisotopic (exact) mass is 388 g/mol. The van der Waals surface area contributed by atoms with Gasteiger partial charge in [0.25, 0.3) is 0 Å². The Labute approximate surface area is 157 Å². The minimum atomic E-state index is -3.48. The molecule has 134 valence electrons. The van der Waals surface area contributed by atoms with Gasteiger partial charge in [-0.1, -0.05) is 41.9 Å². The van der Waals surface area contributed by atoms with Crippen LogP contribution in [0.3, 0.4) is 0 Å². The Morgan fingerprint density at radius 3 is 2.54 bits per heavy atom. The van der Waals surface area contributed by atoms with E-state index in [0.717, 1.165) is 5.56 Å². The van der Waals surface area contributed by atoms with Gasteiger partial charge in [-0.15, -0.1) is 0 Å². The molecule has 1 aromatic heterocycles. The first-order valence-electron chi connectivity index (χ1n) is 7.90. The van der Waals surface area contributed by atoms with Gasteiger partial charge in [0, 0.05) is 23.8 Å². The van der Waals surface area contributed by atoms with Crippen molar-refractivity contribution in [3.63, 3.8) is 0 Å². The van der Waals surface area contributed by atoms with Crippen molar-refractivity contribution in [2.24, 2.45) is 0 Å². The van der Waals surface area contributed by atoms with Gasteiger partial charge in [0.15, 0.2) is 0 Å².